The van der Waals surface area contributed by atoms with Gasteiger partial charge in [-0.3, -0.25) is 9.78 Å². The Morgan fingerprint density at radius 3 is 2.62 bits per heavy atom. The largest absolute Gasteiger partial charge is 0.477 e. The lowest BCUT2D eigenvalue weighted by Gasteiger charge is -2.14. The Hall–Kier alpha value is -2.63. The van der Waals surface area contributed by atoms with Gasteiger partial charge < -0.3 is 15.4 Å². The highest BCUT2D eigenvalue weighted by Gasteiger charge is 2.22. The van der Waals surface area contributed by atoms with E-state index in [0.717, 1.165) is 5.56 Å². The molecule has 2 rings (SSSR count). The molecule has 0 aromatic carbocycles. The molecule has 0 fully saturated rings. The SMILES string of the molecule is Cc1[nH]c(C(=O)O)c(C)c1C(=O)NC(C)c1cccnc1. The number of aromatic nitrogens is 2. The molecule has 0 aliphatic carbocycles. The molecule has 0 spiro atoms. The Morgan fingerprint density at radius 2 is 2.10 bits per heavy atom. The number of aromatic amines is 1. The lowest BCUT2D eigenvalue weighted by Crippen LogP contribution is -2.27. The number of nitrogens with one attached hydrogen (secondary N) is 2. The maximum absolute atomic E-state index is 12.4. The smallest absolute Gasteiger partial charge is 0.352 e. The first-order valence-electron chi connectivity index (χ1n) is 6.55. The van der Waals surface area contributed by atoms with Gasteiger partial charge in [-0.2, -0.15) is 0 Å². The molecule has 6 heteroatoms. The molecule has 0 radical (unpaired) electrons. The maximum Gasteiger partial charge on any atom is 0.352 e. The summed E-state index contributed by atoms with van der Waals surface area (Å²) in [5.74, 6) is -1.37. The molecule has 21 heavy (non-hydrogen) atoms. The van der Waals surface area contributed by atoms with Crippen LogP contribution in [0.3, 0.4) is 0 Å². The first-order valence-corrected chi connectivity index (χ1v) is 6.55. The summed E-state index contributed by atoms with van der Waals surface area (Å²) in [5.41, 5.74) is 2.29. The second-order valence-electron chi connectivity index (χ2n) is 4.91. The summed E-state index contributed by atoms with van der Waals surface area (Å²) in [4.78, 5) is 30.2. The van der Waals surface area contributed by atoms with Gasteiger partial charge in [-0.25, -0.2) is 4.79 Å². The van der Waals surface area contributed by atoms with Crippen molar-refractivity contribution in [2.45, 2.75) is 26.8 Å². The third-order valence-electron chi connectivity index (χ3n) is 3.41. The van der Waals surface area contributed by atoms with Gasteiger partial charge in [0.1, 0.15) is 5.69 Å². The van der Waals surface area contributed by atoms with Crippen molar-refractivity contribution in [3.05, 3.63) is 52.6 Å². The fourth-order valence-corrected chi connectivity index (χ4v) is 2.29. The van der Waals surface area contributed by atoms with Gasteiger partial charge in [0, 0.05) is 18.1 Å². The fraction of sp³-hybridized carbons (Fsp3) is 0.267. The molecule has 1 amide bonds. The predicted octanol–water partition coefficient (Wildman–Crippen LogP) is 2.22. The minimum Gasteiger partial charge on any atom is -0.477 e. The molecular weight excluding hydrogens is 270 g/mol. The summed E-state index contributed by atoms with van der Waals surface area (Å²) in [6.45, 7) is 5.16. The molecule has 0 saturated carbocycles. The number of carboxylic acid groups (broad SMARTS) is 1. The van der Waals surface area contributed by atoms with Crippen molar-refractivity contribution >= 4 is 11.9 Å². The average Bonchev–Trinajstić information content (AvgIpc) is 2.75. The van der Waals surface area contributed by atoms with Gasteiger partial charge in [0.05, 0.1) is 11.6 Å². The molecule has 6 nitrogen and oxygen atoms in total. The summed E-state index contributed by atoms with van der Waals surface area (Å²) < 4.78 is 0. The maximum atomic E-state index is 12.4. The molecule has 2 heterocycles. The Labute approximate surface area is 122 Å². The van der Waals surface area contributed by atoms with Crippen LogP contribution in [0.25, 0.3) is 0 Å². The number of hydrogen-bond donors (Lipinski definition) is 3. The number of aryl methyl sites for hydroxylation is 1. The van der Waals surface area contributed by atoms with E-state index in [1.54, 1.807) is 32.3 Å². The first-order chi connectivity index (χ1) is 9.91. The van der Waals surface area contributed by atoms with Crippen LogP contribution in [0.5, 0.6) is 0 Å². The molecule has 0 aliphatic rings. The topological polar surface area (TPSA) is 95.1 Å². The first kappa shape index (κ1) is 14.8. The second kappa shape index (κ2) is 5.78. The lowest BCUT2D eigenvalue weighted by atomic mass is 10.1. The zero-order chi connectivity index (χ0) is 15.6. The highest BCUT2D eigenvalue weighted by atomic mass is 16.4. The van der Waals surface area contributed by atoms with Crippen molar-refractivity contribution in [1.82, 2.24) is 15.3 Å². The summed E-state index contributed by atoms with van der Waals surface area (Å²) in [6.07, 6.45) is 3.35. The number of amides is 1. The van der Waals surface area contributed by atoms with E-state index in [1.165, 1.54) is 0 Å². The number of aromatic carboxylic acids is 1. The zero-order valence-corrected chi connectivity index (χ0v) is 12.1. The van der Waals surface area contributed by atoms with E-state index in [9.17, 15) is 9.59 Å². The van der Waals surface area contributed by atoms with Gasteiger partial charge in [-0.15, -0.1) is 0 Å². The van der Waals surface area contributed by atoms with E-state index in [4.69, 9.17) is 5.11 Å². The molecule has 110 valence electrons. The highest BCUT2D eigenvalue weighted by molar-refractivity contribution is 6.00. The standard InChI is InChI=1S/C15H17N3O3/c1-8-12(10(3)17-13(8)15(20)21)14(19)18-9(2)11-5-4-6-16-7-11/h4-7,9,17H,1-3H3,(H,18,19)(H,20,21). The van der Waals surface area contributed by atoms with Crippen LogP contribution < -0.4 is 5.32 Å². The average molecular weight is 287 g/mol. The number of hydrogen-bond acceptors (Lipinski definition) is 3. The summed E-state index contributed by atoms with van der Waals surface area (Å²) in [7, 11) is 0. The van der Waals surface area contributed by atoms with Crippen molar-refractivity contribution in [2.24, 2.45) is 0 Å². The Morgan fingerprint density at radius 1 is 1.38 bits per heavy atom. The van der Waals surface area contributed by atoms with E-state index in [1.807, 2.05) is 13.0 Å². The van der Waals surface area contributed by atoms with E-state index in [2.05, 4.69) is 15.3 Å². The van der Waals surface area contributed by atoms with Gasteiger partial charge in [-0.05, 0) is 38.0 Å². The number of H-pyrrole nitrogens is 1. The third-order valence-corrected chi connectivity index (χ3v) is 3.41. The van der Waals surface area contributed by atoms with Crippen LogP contribution >= 0.6 is 0 Å². The van der Waals surface area contributed by atoms with Crippen molar-refractivity contribution < 1.29 is 14.7 Å². The van der Waals surface area contributed by atoms with Crippen molar-refractivity contribution in [3.8, 4) is 0 Å². The van der Waals surface area contributed by atoms with E-state index in [0.29, 0.717) is 16.8 Å². The second-order valence-corrected chi connectivity index (χ2v) is 4.91. The minimum atomic E-state index is -1.07. The van der Waals surface area contributed by atoms with Gasteiger partial charge in [0.15, 0.2) is 0 Å². The van der Waals surface area contributed by atoms with Crippen LogP contribution in [-0.4, -0.2) is 27.0 Å². The van der Waals surface area contributed by atoms with E-state index in [-0.39, 0.29) is 17.6 Å². The molecule has 2 aromatic heterocycles. The fourth-order valence-electron chi connectivity index (χ4n) is 2.29. The van der Waals surface area contributed by atoms with E-state index >= 15 is 0 Å². The summed E-state index contributed by atoms with van der Waals surface area (Å²) in [6, 6.07) is 3.46. The van der Waals surface area contributed by atoms with Crippen LogP contribution in [0.2, 0.25) is 0 Å². The summed E-state index contributed by atoms with van der Waals surface area (Å²) >= 11 is 0. The van der Waals surface area contributed by atoms with Crippen LogP contribution in [-0.2, 0) is 0 Å². The molecule has 1 unspecified atom stereocenters. The monoisotopic (exact) mass is 287 g/mol. The number of carboxylic acids is 1. The van der Waals surface area contributed by atoms with Crippen LogP contribution in [0, 0.1) is 13.8 Å². The van der Waals surface area contributed by atoms with Crippen LogP contribution in [0.1, 0.15) is 50.6 Å². The molecule has 0 saturated heterocycles. The number of carbonyl (C=O) groups excluding carboxylic acids is 1. The normalized spacial score (nSPS) is 12.0. The van der Waals surface area contributed by atoms with E-state index < -0.39 is 5.97 Å². The molecule has 0 aliphatic heterocycles. The zero-order valence-electron chi connectivity index (χ0n) is 12.1. The third kappa shape index (κ3) is 2.94. The number of rotatable bonds is 4. The molecule has 0 bridgehead atoms. The van der Waals surface area contributed by atoms with Crippen LogP contribution in [0.15, 0.2) is 24.5 Å². The van der Waals surface area contributed by atoms with Crippen molar-refractivity contribution in [2.75, 3.05) is 0 Å². The molecule has 1 atom stereocenters. The van der Waals surface area contributed by atoms with Crippen molar-refractivity contribution in [1.29, 1.82) is 0 Å². The minimum absolute atomic E-state index is 0.0479. The molecule has 2 aromatic rings. The number of nitrogens with zero attached hydrogens (tertiary/aromatic N) is 1. The highest BCUT2D eigenvalue weighted by Crippen LogP contribution is 2.19. The Bertz CT molecular complexity index is 677. The lowest BCUT2D eigenvalue weighted by molar-refractivity contribution is 0.0690. The Kier molecular flexibility index (Phi) is 4.07. The van der Waals surface area contributed by atoms with Crippen LogP contribution in [0.4, 0.5) is 0 Å². The number of carbonyl (C=O) groups is 2. The van der Waals surface area contributed by atoms with Gasteiger partial charge >= 0.3 is 5.97 Å². The predicted molar refractivity (Wildman–Crippen MR) is 77.3 cm³/mol. The quantitative estimate of drug-likeness (QED) is 0.803. The summed E-state index contributed by atoms with van der Waals surface area (Å²) in [5, 5.41) is 11.9. The molecular formula is C15H17N3O3. The van der Waals surface area contributed by atoms with Gasteiger partial charge in [0.2, 0.25) is 0 Å². The Balaban J connectivity index is 2.23. The molecule has 3 N–H and O–H groups in total. The van der Waals surface area contributed by atoms with Crippen molar-refractivity contribution in [3.63, 3.8) is 0 Å². The van der Waals surface area contributed by atoms with Gasteiger partial charge in [0.25, 0.3) is 5.91 Å². The van der Waals surface area contributed by atoms with Gasteiger partial charge in [-0.1, -0.05) is 6.07 Å². The number of pyridine rings is 1.